The number of aryl methyl sites for hydroxylation is 1. The number of carbonyl (C=O) groups is 2. The molecule has 0 aliphatic rings. The topological polar surface area (TPSA) is 110 Å². The van der Waals surface area contributed by atoms with Gasteiger partial charge in [0, 0.05) is 5.38 Å². The van der Waals surface area contributed by atoms with E-state index in [2.05, 4.69) is 20.6 Å². The van der Waals surface area contributed by atoms with E-state index in [1.54, 1.807) is 11.3 Å². The summed E-state index contributed by atoms with van der Waals surface area (Å²) in [4.78, 5) is 26.6. The van der Waals surface area contributed by atoms with E-state index in [1.807, 2.05) is 12.3 Å². The van der Waals surface area contributed by atoms with E-state index in [-0.39, 0.29) is 25.4 Å². The molecule has 2 rings (SSSR count). The molecule has 0 bridgehead atoms. The van der Waals surface area contributed by atoms with Gasteiger partial charge in [-0.05, 0) is 6.42 Å². The van der Waals surface area contributed by atoms with Crippen molar-refractivity contribution in [3.8, 4) is 0 Å². The number of aromatic nitrogens is 4. The van der Waals surface area contributed by atoms with Crippen molar-refractivity contribution in [1.29, 1.82) is 0 Å². The Labute approximate surface area is 124 Å². The number of carboxylic acid groups (broad SMARTS) is 1. The summed E-state index contributed by atoms with van der Waals surface area (Å²) in [6.45, 7) is 1.98. The van der Waals surface area contributed by atoms with Gasteiger partial charge in [-0.1, -0.05) is 12.1 Å². The molecule has 112 valence electrons. The maximum Gasteiger partial charge on any atom is 0.325 e. The van der Waals surface area contributed by atoms with Crippen LogP contribution >= 0.6 is 11.3 Å². The molecule has 1 amide bonds. The van der Waals surface area contributed by atoms with Crippen molar-refractivity contribution in [1.82, 2.24) is 25.3 Å². The molecule has 0 fully saturated rings. The Balaban J connectivity index is 1.80. The number of hydrogen-bond acceptors (Lipinski definition) is 6. The number of aliphatic carboxylic acids is 1. The normalized spacial score (nSPS) is 10.5. The van der Waals surface area contributed by atoms with Crippen molar-refractivity contribution >= 4 is 23.2 Å². The Bertz CT molecular complexity index is 636. The van der Waals surface area contributed by atoms with Crippen molar-refractivity contribution in [3.63, 3.8) is 0 Å². The maximum absolute atomic E-state index is 11.8. The summed E-state index contributed by atoms with van der Waals surface area (Å²) in [5, 5.41) is 21.6. The SMILES string of the molecule is CCc1nc(CC(=O)NCc2cn(CC(=O)O)nn2)cs1. The molecule has 0 radical (unpaired) electrons. The van der Waals surface area contributed by atoms with Crippen LogP contribution in [0.5, 0.6) is 0 Å². The molecule has 0 atom stereocenters. The van der Waals surface area contributed by atoms with Crippen molar-refractivity contribution in [2.75, 3.05) is 0 Å². The fourth-order valence-electron chi connectivity index (χ4n) is 1.64. The summed E-state index contributed by atoms with van der Waals surface area (Å²) < 4.78 is 1.21. The first kappa shape index (κ1) is 15.1. The van der Waals surface area contributed by atoms with Gasteiger partial charge in [-0.15, -0.1) is 16.4 Å². The quantitative estimate of drug-likeness (QED) is 0.758. The molecule has 2 aromatic rings. The lowest BCUT2D eigenvalue weighted by molar-refractivity contribution is -0.138. The molecule has 2 heterocycles. The number of carboxylic acids is 1. The largest absolute Gasteiger partial charge is 0.480 e. The van der Waals surface area contributed by atoms with Crippen molar-refractivity contribution in [2.24, 2.45) is 0 Å². The van der Waals surface area contributed by atoms with Gasteiger partial charge >= 0.3 is 5.97 Å². The molecule has 0 aliphatic carbocycles. The molecule has 0 unspecified atom stereocenters. The number of nitrogens with one attached hydrogen (secondary N) is 1. The first-order chi connectivity index (χ1) is 10.1. The molecule has 9 heteroatoms. The first-order valence-electron chi connectivity index (χ1n) is 6.37. The number of nitrogens with zero attached hydrogens (tertiary/aromatic N) is 4. The minimum absolute atomic E-state index is 0.157. The number of carbonyl (C=O) groups excluding carboxylic acids is 1. The lowest BCUT2D eigenvalue weighted by Gasteiger charge is -2.00. The molecule has 21 heavy (non-hydrogen) atoms. The zero-order chi connectivity index (χ0) is 15.2. The summed E-state index contributed by atoms with van der Waals surface area (Å²) in [5.74, 6) is -1.15. The van der Waals surface area contributed by atoms with E-state index in [4.69, 9.17) is 5.11 Å². The van der Waals surface area contributed by atoms with Crippen LogP contribution in [0.15, 0.2) is 11.6 Å². The van der Waals surface area contributed by atoms with Gasteiger partial charge in [0.05, 0.1) is 29.9 Å². The molecule has 0 aliphatic heterocycles. The van der Waals surface area contributed by atoms with Crippen molar-refractivity contribution in [3.05, 3.63) is 28.0 Å². The summed E-state index contributed by atoms with van der Waals surface area (Å²) in [6, 6.07) is 0. The van der Waals surface area contributed by atoms with Crippen LogP contribution in [0.2, 0.25) is 0 Å². The monoisotopic (exact) mass is 309 g/mol. The van der Waals surface area contributed by atoms with Gasteiger partial charge < -0.3 is 10.4 Å². The molecular weight excluding hydrogens is 294 g/mol. The Hall–Kier alpha value is -2.29. The molecule has 2 N–H and O–H groups in total. The van der Waals surface area contributed by atoms with Gasteiger partial charge in [-0.3, -0.25) is 9.59 Å². The van der Waals surface area contributed by atoms with E-state index in [0.717, 1.165) is 17.1 Å². The van der Waals surface area contributed by atoms with Crippen LogP contribution in [0.4, 0.5) is 0 Å². The van der Waals surface area contributed by atoms with Crippen LogP contribution in [-0.4, -0.2) is 37.0 Å². The molecule has 0 saturated carbocycles. The van der Waals surface area contributed by atoms with Crippen LogP contribution in [-0.2, 0) is 35.5 Å². The third-order valence-corrected chi connectivity index (χ3v) is 3.64. The van der Waals surface area contributed by atoms with Crippen LogP contribution in [0.1, 0.15) is 23.3 Å². The molecule has 0 aromatic carbocycles. The maximum atomic E-state index is 11.8. The highest BCUT2D eigenvalue weighted by Gasteiger charge is 2.09. The highest BCUT2D eigenvalue weighted by atomic mass is 32.1. The van der Waals surface area contributed by atoms with Crippen LogP contribution in [0.3, 0.4) is 0 Å². The van der Waals surface area contributed by atoms with Gasteiger partial charge in [-0.2, -0.15) is 0 Å². The van der Waals surface area contributed by atoms with Gasteiger partial charge in [0.25, 0.3) is 0 Å². The molecular formula is C12H15N5O3S. The highest BCUT2D eigenvalue weighted by molar-refractivity contribution is 7.09. The molecule has 8 nitrogen and oxygen atoms in total. The van der Waals surface area contributed by atoms with E-state index in [1.165, 1.54) is 10.9 Å². The highest BCUT2D eigenvalue weighted by Crippen LogP contribution is 2.10. The second-order valence-electron chi connectivity index (χ2n) is 4.34. The number of thiazole rings is 1. The van der Waals surface area contributed by atoms with Crippen molar-refractivity contribution < 1.29 is 14.7 Å². The predicted molar refractivity (Wildman–Crippen MR) is 74.7 cm³/mol. The number of hydrogen-bond donors (Lipinski definition) is 2. The Morgan fingerprint density at radius 2 is 2.24 bits per heavy atom. The average molecular weight is 309 g/mol. The molecule has 2 aromatic heterocycles. The lowest BCUT2D eigenvalue weighted by Crippen LogP contribution is -2.24. The van der Waals surface area contributed by atoms with Crippen LogP contribution in [0, 0.1) is 0 Å². The third kappa shape index (κ3) is 4.63. The van der Waals surface area contributed by atoms with Gasteiger partial charge in [0.15, 0.2) is 0 Å². The van der Waals surface area contributed by atoms with E-state index in [9.17, 15) is 9.59 Å². The third-order valence-electron chi connectivity index (χ3n) is 2.59. The zero-order valence-corrected chi connectivity index (χ0v) is 12.3. The first-order valence-corrected chi connectivity index (χ1v) is 7.25. The van der Waals surface area contributed by atoms with Crippen LogP contribution in [0.25, 0.3) is 0 Å². The van der Waals surface area contributed by atoms with Gasteiger partial charge in [-0.25, -0.2) is 9.67 Å². The Morgan fingerprint density at radius 1 is 1.43 bits per heavy atom. The summed E-state index contributed by atoms with van der Waals surface area (Å²) in [6.07, 6.45) is 2.57. The van der Waals surface area contributed by atoms with Gasteiger partial charge in [0.1, 0.15) is 12.2 Å². The smallest absolute Gasteiger partial charge is 0.325 e. The molecule has 0 spiro atoms. The minimum atomic E-state index is -0.995. The Kier molecular flexibility index (Phi) is 4.99. The van der Waals surface area contributed by atoms with Crippen molar-refractivity contribution in [2.45, 2.75) is 32.9 Å². The summed E-state index contributed by atoms with van der Waals surface area (Å²) >= 11 is 1.54. The predicted octanol–water partition coefficient (Wildman–Crippen LogP) is 0.240. The number of amides is 1. The fourth-order valence-corrected chi connectivity index (χ4v) is 2.39. The second kappa shape index (κ2) is 6.93. The van der Waals surface area contributed by atoms with Crippen LogP contribution < -0.4 is 5.32 Å². The molecule has 0 saturated heterocycles. The Morgan fingerprint density at radius 3 is 2.90 bits per heavy atom. The fraction of sp³-hybridized carbons (Fsp3) is 0.417. The van der Waals surface area contributed by atoms with E-state index < -0.39 is 5.97 Å². The van der Waals surface area contributed by atoms with E-state index >= 15 is 0 Å². The summed E-state index contributed by atoms with van der Waals surface area (Å²) in [5.41, 5.74) is 1.26. The second-order valence-corrected chi connectivity index (χ2v) is 5.28. The minimum Gasteiger partial charge on any atom is -0.480 e. The number of rotatable bonds is 7. The summed E-state index contributed by atoms with van der Waals surface area (Å²) in [7, 11) is 0. The van der Waals surface area contributed by atoms with E-state index in [0.29, 0.717) is 5.69 Å². The average Bonchev–Trinajstić information content (AvgIpc) is 3.05. The lowest BCUT2D eigenvalue weighted by atomic mass is 10.3. The zero-order valence-electron chi connectivity index (χ0n) is 11.4. The standard InChI is InChI=1S/C12H15N5O3S/c1-2-11-14-8(7-21-11)3-10(18)13-4-9-5-17(16-15-9)6-12(19)20/h5,7H,2-4,6H2,1H3,(H,13,18)(H,19,20). The van der Waals surface area contributed by atoms with Gasteiger partial charge in [0.2, 0.25) is 5.91 Å².